The molecule has 1 atom stereocenters. The van der Waals surface area contributed by atoms with Gasteiger partial charge in [-0.1, -0.05) is 72.6 Å². The molecule has 170 valence electrons. The standard InChI is InChI=1S/C27H38O3S/c1-20-9-13-24(14-10-20)31(29,30)26(23(4)17-19-28)16-12-21(2)11-15-25-22(3)8-7-18-27(25,5)6/h9-15,17,26,28H,7-8,16,18-19H2,1-6H3. The van der Waals surface area contributed by atoms with Gasteiger partial charge in [0.1, 0.15) is 0 Å². The van der Waals surface area contributed by atoms with E-state index in [4.69, 9.17) is 0 Å². The second-order valence-electron chi connectivity index (χ2n) is 9.43. The Kier molecular flexibility index (Phi) is 8.67. The number of hydrogen-bond donors (Lipinski definition) is 1. The van der Waals surface area contributed by atoms with Crippen molar-refractivity contribution in [2.45, 2.75) is 77.4 Å². The first-order chi connectivity index (χ1) is 14.5. The number of aliphatic hydroxyl groups excluding tert-OH is 1. The van der Waals surface area contributed by atoms with Crippen LogP contribution in [-0.4, -0.2) is 25.4 Å². The Bertz CT molecular complexity index is 987. The predicted octanol–water partition coefficient (Wildman–Crippen LogP) is 6.50. The van der Waals surface area contributed by atoms with Crippen molar-refractivity contribution >= 4 is 9.84 Å². The fourth-order valence-corrected chi connectivity index (χ4v) is 6.09. The normalized spacial score (nSPS) is 19.2. The van der Waals surface area contributed by atoms with Crippen LogP contribution in [0.25, 0.3) is 0 Å². The third-order valence-corrected chi connectivity index (χ3v) is 8.60. The van der Waals surface area contributed by atoms with Crippen LogP contribution < -0.4 is 0 Å². The summed E-state index contributed by atoms with van der Waals surface area (Å²) in [7, 11) is -3.56. The summed E-state index contributed by atoms with van der Waals surface area (Å²) in [6, 6.07) is 6.98. The maximum absolute atomic E-state index is 13.3. The second kappa shape index (κ2) is 10.6. The molecule has 3 nitrogen and oxygen atoms in total. The summed E-state index contributed by atoms with van der Waals surface area (Å²) in [4.78, 5) is 0.320. The molecule has 31 heavy (non-hydrogen) atoms. The fourth-order valence-electron chi connectivity index (χ4n) is 4.31. The molecular formula is C27H38O3S. The SMILES string of the molecule is CC(C=CC1=C(C)CCCC1(C)C)=CCC(C(C)=CCO)S(=O)(=O)c1ccc(C)cc1. The molecule has 1 aromatic carbocycles. The van der Waals surface area contributed by atoms with Crippen LogP contribution in [0.3, 0.4) is 0 Å². The molecule has 0 heterocycles. The number of hydrogen-bond acceptors (Lipinski definition) is 3. The van der Waals surface area contributed by atoms with Crippen LogP contribution in [0.15, 0.2) is 75.8 Å². The Morgan fingerprint density at radius 2 is 1.77 bits per heavy atom. The first-order valence-electron chi connectivity index (χ1n) is 11.1. The summed E-state index contributed by atoms with van der Waals surface area (Å²) in [5.41, 5.74) is 5.75. The van der Waals surface area contributed by atoms with Gasteiger partial charge in [-0.2, -0.15) is 0 Å². The van der Waals surface area contributed by atoms with Crippen LogP contribution in [-0.2, 0) is 9.84 Å². The van der Waals surface area contributed by atoms with Gasteiger partial charge in [0.25, 0.3) is 0 Å². The van der Waals surface area contributed by atoms with Crippen molar-refractivity contribution < 1.29 is 13.5 Å². The van der Waals surface area contributed by atoms with Crippen LogP contribution >= 0.6 is 0 Å². The number of aliphatic hydroxyl groups is 1. The lowest BCUT2D eigenvalue weighted by Crippen LogP contribution is -2.23. The topological polar surface area (TPSA) is 54.4 Å². The minimum Gasteiger partial charge on any atom is -0.392 e. The molecule has 2 rings (SSSR count). The minimum absolute atomic E-state index is 0.170. The van der Waals surface area contributed by atoms with E-state index >= 15 is 0 Å². The summed E-state index contributed by atoms with van der Waals surface area (Å²) in [5, 5.41) is 8.64. The third-order valence-electron chi connectivity index (χ3n) is 6.35. The van der Waals surface area contributed by atoms with Crippen molar-refractivity contribution in [2.24, 2.45) is 5.41 Å². The number of sulfone groups is 1. The zero-order chi connectivity index (χ0) is 23.2. The second-order valence-corrected chi connectivity index (χ2v) is 11.6. The van der Waals surface area contributed by atoms with E-state index in [0.717, 1.165) is 17.6 Å². The smallest absolute Gasteiger partial charge is 0.185 e. The highest BCUT2D eigenvalue weighted by atomic mass is 32.2. The molecule has 0 spiro atoms. The summed E-state index contributed by atoms with van der Waals surface area (Å²) in [6.07, 6.45) is 11.8. The van der Waals surface area contributed by atoms with Gasteiger partial charge >= 0.3 is 0 Å². The lowest BCUT2D eigenvalue weighted by molar-refractivity contribution is 0.341. The van der Waals surface area contributed by atoms with E-state index < -0.39 is 15.1 Å². The zero-order valence-corrected chi connectivity index (χ0v) is 20.7. The van der Waals surface area contributed by atoms with E-state index in [0.29, 0.717) is 16.9 Å². The lowest BCUT2D eigenvalue weighted by atomic mass is 9.72. The number of allylic oxidation sites excluding steroid dienone is 6. The molecule has 4 heteroatoms. The lowest BCUT2D eigenvalue weighted by Gasteiger charge is -2.33. The highest BCUT2D eigenvalue weighted by Crippen LogP contribution is 2.40. The van der Waals surface area contributed by atoms with Crippen molar-refractivity contribution in [1.82, 2.24) is 0 Å². The molecule has 0 saturated heterocycles. The highest BCUT2D eigenvalue weighted by Gasteiger charge is 2.28. The van der Waals surface area contributed by atoms with E-state index in [2.05, 4.69) is 32.9 Å². The number of aryl methyl sites for hydroxylation is 1. The molecule has 1 aromatic rings. The molecule has 1 unspecified atom stereocenters. The van der Waals surface area contributed by atoms with Gasteiger partial charge in [0.05, 0.1) is 16.8 Å². The monoisotopic (exact) mass is 442 g/mol. The van der Waals surface area contributed by atoms with Gasteiger partial charge in [0, 0.05) is 0 Å². The molecular weight excluding hydrogens is 404 g/mol. The zero-order valence-electron chi connectivity index (χ0n) is 19.9. The molecule has 0 aliphatic heterocycles. The van der Waals surface area contributed by atoms with Crippen molar-refractivity contribution in [2.75, 3.05) is 6.61 Å². The Balaban J connectivity index is 2.30. The first kappa shape index (κ1) is 25.4. The van der Waals surface area contributed by atoms with Crippen molar-refractivity contribution in [3.05, 3.63) is 76.4 Å². The molecule has 0 saturated carbocycles. The van der Waals surface area contributed by atoms with Gasteiger partial charge in [-0.3, -0.25) is 0 Å². The van der Waals surface area contributed by atoms with Gasteiger partial charge in [-0.25, -0.2) is 8.42 Å². The van der Waals surface area contributed by atoms with Gasteiger partial charge < -0.3 is 5.11 Å². The molecule has 0 amide bonds. The van der Waals surface area contributed by atoms with Crippen LogP contribution in [0, 0.1) is 12.3 Å². The summed E-state index contributed by atoms with van der Waals surface area (Å²) >= 11 is 0. The average Bonchev–Trinajstić information content (AvgIpc) is 2.67. The molecule has 1 aliphatic carbocycles. The van der Waals surface area contributed by atoms with Gasteiger partial charge in [0.15, 0.2) is 9.84 Å². The van der Waals surface area contributed by atoms with E-state index in [9.17, 15) is 13.5 Å². The molecule has 0 aromatic heterocycles. The fraction of sp³-hybridized carbons (Fsp3) is 0.481. The third kappa shape index (κ3) is 6.54. The molecule has 1 N–H and O–H groups in total. The van der Waals surface area contributed by atoms with E-state index in [-0.39, 0.29) is 12.0 Å². The van der Waals surface area contributed by atoms with Crippen molar-refractivity contribution in [3.63, 3.8) is 0 Å². The first-order valence-corrected chi connectivity index (χ1v) is 12.7. The maximum atomic E-state index is 13.3. The highest BCUT2D eigenvalue weighted by molar-refractivity contribution is 7.92. The predicted molar refractivity (Wildman–Crippen MR) is 131 cm³/mol. The van der Waals surface area contributed by atoms with Gasteiger partial charge in [0.2, 0.25) is 0 Å². The van der Waals surface area contributed by atoms with Crippen molar-refractivity contribution in [1.29, 1.82) is 0 Å². The average molecular weight is 443 g/mol. The van der Waals surface area contributed by atoms with Crippen LogP contribution in [0.1, 0.15) is 65.9 Å². The largest absolute Gasteiger partial charge is 0.392 e. The van der Waals surface area contributed by atoms with E-state index in [1.54, 1.807) is 25.1 Å². The Morgan fingerprint density at radius 1 is 1.13 bits per heavy atom. The Hall–Kier alpha value is -1.91. The maximum Gasteiger partial charge on any atom is 0.185 e. The molecule has 1 aliphatic rings. The van der Waals surface area contributed by atoms with E-state index in [1.165, 1.54) is 24.0 Å². The summed E-state index contributed by atoms with van der Waals surface area (Å²) in [5.74, 6) is 0. The molecule has 0 fully saturated rings. The Morgan fingerprint density at radius 3 is 2.35 bits per heavy atom. The quantitative estimate of drug-likeness (QED) is 0.369. The number of rotatable bonds is 8. The Labute approximate surface area is 189 Å². The number of benzene rings is 1. The summed E-state index contributed by atoms with van der Waals surface area (Å²) in [6.45, 7) is 12.4. The van der Waals surface area contributed by atoms with E-state index in [1.807, 2.05) is 32.1 Å². The molecule has 0 radical (unpaired) electrons. The minimum atomic E-state index is -3.56. The summed E-state index contributed by atoms with van der Waals surface area (Å²) < 4.78 is 26.7. The molecule has 0 bridgehead atoms. The van der Waals surface area contributed by atoms with Gasteiger partial charge in [-0.15, -0.1) is 0 Å². The van der Waals surface area contributed by atoms with Gasteiger partial charge in [-0.05, 0) is 76.5 Å². The van der Waals surface area contributed by atoms with Crippen LogP contribution in [0.4, 0.5) is 0 Å². The van der Waals surface area contributed by atoms with Crippen LogP contribution in [0.5, 0.6) is 0 Å². The van der Waals surface area contributed by atoms with Crippen molar-refractivity contribution in [3.8, 4) is 0 Å². The van der Waals surface area contributed by atoms with Crippen LogP contribution in [0.2, 0.25) is 0 Å².